The molecule has 0 spiro atoms. The zero-order chi connectivity index (χ0) is 15.9. The van der Waals surface area contributed by atoms with Gasteiger partial charge in [-0.05, 0) is 12.3 Å². The summed E-state index contributed by atoms with van der Waals surface area (Å²) < 4.78 is 8.55. The number of H-pyrrole nitrogens is 1. The van der Waals surface area contributed by atoms with Crippen LogP contribution in [0.3, 0.4) is 0 Å². The van der Waals surface area contributed by atoms with E-state index in [0.717, 1.165) is 23.9 Å². The summed E-state index contributed by atoms with van der Waals surface area (Å²) >= 11 is 1.58. The van der Waals surface area contributed by atoms with E-state index in [9.17, 15) is 9.59 Å². The van der Waals surface area contributed by atoms with E-state index in [1.54, 1.807) is 18.8 Å². The molecule has 0 aliphatic carbocycles. The molecule has 0 saturated carbocycles. The van der Waals surface area contributed by atoms with Crippen molar-refractivity contribution in [2.75, 3.05) is 12.4 Å². The van der Waals surface area contributed by atoms with E-state index >= 15 is 0 Å². The minimum Gasteiger partial charge on any atom is -0.372 e. The van der Waals surface area contributed by atoms with Crippen molar-refractivity contribution >= 4 is 22.9 Å². The third kappa shape index (κ3) is 2.98. The van der Waals surface area contributed by atoms with Crippen LogP contribution in [0.2, 0.25) is 0 Å². The first-order chi connectivity index (χ1) is 10.5. The number of aryl methyl sites for hydroxylation is 2. The van der Waals surface area contributed by atoms with E-state index in [2.05, 4.69) is 23.8 Å². The number of rotatable bonds is 6. The van der Waals surface area contributed by atoms with Crippen molar-refractivity contribution in [1.29, 1.82) is 0 Å². The molecule has 7 nitrogen and oxygen atoms in total. The maximum Gasteiger partial charge on any atom is 0.329 e. The van der Waals surface area contributed by atoms with Gasteiger partial charge in [-0.2, -0.15) is 0 Å². The van der Waals surface area contributed by atoms with Gasteiger partial charge in [0.15, 0.2) is 16.3 Å². The summed E-state index contributed by atoms with van der Waals surface area (Å²) in [4.78, 5) is 30.8. The Morgan fingerprint density at radius 3 is 2.82 bits per heavy atom. The smallest absolute Gasteiger partial charge is 0.329 e. The first-order valence-corrected chi connectivity index (χ1v) is 8.40. The first kappa shape index (κ1) is 15.4. The Morgan fingerprint density at radius 2 is 2.18 bits per heavy atom. The molecular formula is C14H20N4O3S. The maximum atomic E-state index is 12.2. The van der Waals surface area contributed by atoms with Gasteiger partial charge in [0.1, 0.15) is 0 Å². The molecule has 2 aromatic rings. The van der Waals surface area contributed by atoms with Crippen LogP contribution in [0.1, 0.15) is 20.3 Å². The minimum atomic E-state index is -0.437. The molecule has 0 bridgehead atoms. The lowest BCUT2D eigenvalue weighted by molar-refractivity contribution is 0.426. The second kappa shape index (κ2) is 5.92. The van der Waals surface area contributed by atoms with Crippen LogP contribution in [0.25, 0.3) is 11.2 Å². The largest absolute Gasteiger partial charge is 0.372 e. The second-order valence-electron chi connectivity index (χ2n) is 5.99. The quantitative estimate of drug-likeness (QED) is 0.632. The van der Waals surface area contributed by atoms with Crippen LogP contribution in [-0.2, 0) is 18.3 Å². The summed E-state index contributed by atoms with van der Waals surface area (Å²) in [7, 11) is 1.62. The third-order valence-corrected chi connectivity index (χ3v) is 4.81. The molecule has 1 atom stereocenters. The lowest BCUT2D eigenvalue weighted by Crippen LogP contribution is -2.29. The molecule has 1 N–H and O–H groups in total. The molecule has 0 amide bonds. The lowest BCUT2D eigenvalue weighted by atomic mass is 10.1. The number of hydrogen-bond donors (Lipinski definition) is 1. The van der Waals surface area contributed by atoms with Crippen LogP contribution >= 0.6 is 11.8 Å². The Kier molecular flexibility index (Phi) is 4.14. The highest BCUT2D eigenvalue weighted by Gasteiger charge is 2.25. The van der Waals surface area contributed by atoms with Crippen LogP contribution < -0.4 is 11.2 Å². The van der Waals surface area contributed by atoms with Gasteiger partial charge in [-0.25, -0.2) is 9.78 Å². The monoisotopic (exact) mass is 324 g/mol. The SMILES string of the molecule is CC(C)CCn1c(SC[C@@H]2CO2)nc2c1c(=O)[nH]c(=O)n2C. The zero-order valence-corrected chi connectivity index (χ0v) is 13.8. The van der Waals surface area contributed by atoms with Crippen LogP contribution in [0.4, 0.5) is 0 Å². The average molecular weight is 324 g/mol. The number of thioether (sulfide) groups is 1. The summed E-state index contributed by atoms with van der Waals surface area (Å²) in [6, 6.07) is 0. The van der Waals surface area contributed by atoms with Crippen molar-refractivity contribution in [3.05, 3.63) is 20.8 Å². The minimum absolute atomic E-state index is 0.283. The van der Waals surface area contributed by atoms with Crippen molar-refractivity contribution in [3.63, 3.8) is 0 Å². The topological polar surface area (TPSA) is 85.2 Å². The van der Waals surface area contributed by atoms with Gasteiger partial charge in [-0.15, -0.1) is 0 Å². The van der Waals surface area contributed by atoms with E-state index < -0.39 is 5.69 Å². The molecule has 0 radical (unpaired) electrons. The molecule has 22 heavy (non-hydrogen) atoms. The van der Waals surface area contributed by atoms with E-state index in [1.807, 2.05) is 4.57 Å². The number of nitrogens with one attached hydrogen (secondary N) is 1. The van der Waals surface area contributed by atoms with Crippen LogP contribution in [0, 0.1) is 5.92 Å². The molecule has 120 valence electrons. The number of nitrogens with zero attached hydrogens (tertiary/aromatic N) is 3. The van der Waals surface area contributed by atoms with Crippen LogP contribution in [0.5, 0.6) is 0 Å². The maximum absolute atomic E-state index is 12.2. The average Bonchev–Trinajstić information content (AvgIpc) is 3.20. The highest BCUT2D eigenvalue weighted by Crippen LogP contribution is 2.26. The summed E-state index contributed by atoms with van der Waals surface area (Å²) in [6.45, 7) is 5.79. The Bertz CT molecular complexity index is 801. The zero-order valence-electron chi connectivity index (χ0n) is 13.0. The molecule has 3 rings (SSSR count). The summed E-state index contributed by atoms with van der Waals surface area (Å²) in [5.74, 6) is 1.34. The lowest BCUT2D eigenvalue weighted by Gasteiger charge is -2.09. The Morgan fingerprint density at radius 1 is 1.45 bits per heavy atom. The van der Waals surface area contributed by atoms with Gasteiger partial charge in [-0.1, -0.05) is 25.6 Å². The molecule has 1 aliphatic heterocycles. The van der Waals surface area contributed by atoms with Gasteiger partial charge in [0.05, 0.1) is 12.7 Å². The van der Waals surface area contributed by atoms with E-state index in [-0.39, 0.29) is 11.7 Å². The highest BCUT2D eigenvalue weighted by atomic mass is 32.2. The van der Waals surface area contributed by atoms with Gasteiger partial charge >= 0.3 is 5.69 Å². The van der Waals surface area contributed by atoms with Gasteiger partial charge < -0.3 is 9.30 Å². The predicted octanol–water partition coefficient (Wildman–Crippen LogP) is 0.960. The molecule has 1 aliphatic rings. The van der Waals surface area contributed by atoms with Crippen LogP contribution in [-0.4, -0.2) is 37.6 Å². The summed E-state index contributed by atoms with van der Waals surface area (Å²) in [5.41, 5.74) is 0.107. The molecule has 1 saturated heterocycles. The van der Waals surface area contributed by atoms with Crippen molar-refractivity contribution in [2.24, 2.45) is 13.0 Å². The second-order valence-corrected chi connectivity index (χ2v) is 6.97. The molecule has 8 heteroatoms. The Labute approximate surface area is 131 Å². The van der Waals surface area contributed by atoms with Crippen molar-refractivity contribution in [1.82, 2.24) is 19.1 Å². The Balaban J connectivity index is 2.07. The number of fused-ring (bicyclic) bond motifs is 1. The molecule has 3 heterocycles. The fourth-order valence-corrected chi connectivity index (χ4v) is 3.27. The van der Waals surface area contributed by atoms with Gasteiger partial charge in [-0.3, -0.25) is 14.3 Å². The number of hydrogen-bond acceptors (Lipinski definition) is 5. The van der Waals surface area contributed by atoms with Crippen molar-refractivity contribution in [2.45, 2.75) is 38.1 Å². The summed E-state index contributed by atoms with van der Waals surface area (Å²) in [5, 5.41) is 0.776. The van der Waals surface area contributed by atoms with E-state index in [0.29, 0.717) is 23.6 Å². The number of epoxide rings is 1. The molecule has 0 unspecified atom stereocenters. The molecule has 1 fully saturated rings. The molecule has 2 aromatic heterocycles. The third-order valence-electron chi connectivity index (χ3n) is 3.70. The Hall–Kier alpha value is -1.54. The number of aromatic nitrogens is 4. The summed E-state index contributed by atoms with van der Waals surface area (Å²) in [6.07, 6.45) is 1.23. The molecule has 0 aromatic carbocycles. The fraction of sp³-hybridized carbons (Fsp3) is 0.643. The van der Waals surface area contributed by atoms with Gasteiger partial charge in [0.2, 0.25) is 0 Å². The predicted molar refractivity (Wildman–Crippen MR) is 85.5 cm³/mol. The number of ether oxygens (including phenoxy) is 1. The van der Waals surface area contributed by atoms with Gasteiger partial charge in [0.25, 0.3) is 5.56 Å². The standard InChI is InChI=1S/C14H20N4O3S/c1-8(2)4-5-18-10-11(17(3)13(20)16-12(10)19)15-14(18)22-7-9-6-21-9/h8-9H,4-7H2,1-3H3,(H,16,19,20)/t9-/m0/s1. The number of imidazole rings is 1. The number of aromatic amines is 1. The first-order valence-electron chi connectivity index (χ1n) is 7.41. The van der Waals surface area contributed by atoms with Crippen molar-refractivity contribution < 1.29 is 4.74 Å². The van der Waals surface area contributed by atoms with E-state index in [1.165, 1.54) is 4.57 Å². The normalized spacial score (nSPS) is 17.5. The highest BCUT2D eigenvalue weighted by molar-refractivity contribution is 7.99. The van der Waals surface area contributed by atoms with Crippen LogP contribution in [0.15, 0.2) is 14.7 Å². The van der Waals surface area contributed by atoms with Crippen molar-refractivity contribution in [3.8, 4) is 0 Å². The van der Waals surface area contributed by atoms with Gasteiger partial charge in [0, 0.05) is 19.3 Å². The van der Waals surface area contributed by atoms with E-state index in [4.69, 9.17) is 4.74 Å². The fourth-order valence-electron chi connectivity index (χ4n) is 2.25. The molecular weight excluding hydrogens is 304 g/mol.